The second-order valence-corrected chi connectivity index (χ2v) is 6.22. The van der Waals surface area contributed by atoms with Crippen LogP contribution >= 0.6 is 11.6 Å². The third kappa shape index (κ3) is 6.50. The second kappa shape index (κ2) is 8.97. The maximum atomic E-state index is 12.2. The van der Waals surface area contributed by atoms with Gasteiger partial charge in [0, 0.05) is 11.2 Å². The van der Waals surface area contributed by atoms with Crippen molar-refractivity contribution in [3.63, 3.8) is 0 Å². The molecule has 29 heavy (non-hydrogen) atoms. The molecule has 0 aliphatic carbocycles. The first kappa shape index (κ1) is 20.7. The quantitative estimate of drug-likeness (QED) is 0.592. The first-order valence-corrected chi connectivity index (χ1v) is 8.56. The standard InChI is InChI=1S/C17H15ClF3N5O3/c18-12-1-3-14(4-2-12)29-11-25-6-5-15(24-25)16(27)23-13-7-22-26(8-13)10-28-9-17(19,20)21/h1-8H,9-11H2,(H,23,27). The Morgan fingerprint density at radius 2 is 1.90 bits per heavy atom. The number of hydrogen-bond donors (Lipinski definition) is 1. The van der Waals surface area contributed by atoms with Crippen molar-refractivity contribution in [3.05, 3.63) is 59.6 Å². The zero-order chi connectivity index (χ0) is 20.9. The van der Waals surface area contributed by atoms with Gasteiger partial charge in [0.2, 0.25) is 0 Å². The first-order chi connectivity index (χ1) is 13.8. The summed E-state index contributed by atoms with van der Waals surface area (Å²) in [5.41, 5.74) is 0.420. The summed E-state index contributed by atoms with van der Waals surface area (Å²) in [5, 5.41) is 11.0. The van der Waals surface area contributed by atoms with E-state index in [1.165, 1.54) is 23.1 Å². The third-order valence-electron chi connectivity index (χ3n) is 3.43. The van der Waals surface area contributed by atoms with E-state index in [1.54, 1.807) is 30.5 Å². The summed E-state index contributed by atoms with van der Waals surface area (Å²) >= 11 is 5.80. The summed E-state index contributed by atoms with van der Waals surface area (Å²) in [7, 11) is 0. The number of ether oxygens (including phenoxy) is 2. The normalized spacial score (nSPS) is 11.4. The number of aromatic nitrogens is 4. The van der Waals surface area contributed by atoms with Gasteiger partial charge in [0.1, 0.15) is 19.1 Å². The number of alkyl halides is 3. The molecule has 1 aromatic carbocycles. The van der Waals surface area contributed by atoms with Gasteiger partial charge in [-0.1, -0.05) is 11.6 Å². The molecule has 12 heteroatoms. The number of anilines is 1. The van der Waals surface area contributed by atoms with Crippen LogP contribution in [0, 0.1) is 0 Å². The maximum Gasteiger partial charge on any atom is 0.411 e. The number of carbonyl (C=O) groups is 1. The Morgan fingerprint density at radius 1 is 1.14 bits per heavy atom. The molecule has 1 amide bonds. The smallest absolute Gasteiger partial charge is 0.411 e. The van der Waals surface area contributed by atoms with Crippen LogP contribution in [-0.4, -0.2) is 38.3 Å². The molecule has 0 unspecified atom stereocenters. The minimum Gasteiger partial charge on any atom is -0.471 e. The molecule has 0 radical (unpaired) electrons. The van der Waals surface area contributed by atoms with Crippen molar-refractivity contribution in [2.45, 2.75) is 19.6 Å². The molecular weight excluding hydrogens is 415 g/mol. The molecule has 2 aromatic heterocycles. The Balaban J connectivity index is 1.49. The largest absolute Gasteiger partial charge is 0.471 e. The number of carbonyl (C=O) groups excluding carboxylic acids is 1. The summed E-state index contributed by atoms with van der Waals surface area (Å²) in [6.07, 6.45) is -0.218. The Kier molecular flexibility index (Phi) is 6.39. The summed E-state index contributed by atoms with van der Waals surface area (Å²) < 4.78 is 48.7. The fraction of sp³-hybridized carbons (Fsp3) is 0.235. The Labute approximate surface area is 167 Å². The van der Waals surface area contributed by atoms with Gasteiger partial charge in [0.05, 0.1) is 18.1 Å². The highest BCUT2D eigenvalue weighted by molar-refractivity contribution is 6.30. The van der Waals surface area contributed by atoms with Crippen molar-refractivity contribution < 1.29 is 27.4 Å². The number of nitrogens with zero attached hydrogens (tertiary/aromatic N) is 4. The van der Waals surface area contributed by atoms with Gasteiger partial charge in [0.25, 0.3) is 5.91 Å². The van der Waals surface area contributed by atoms with Gasteiger partial charge in [-0.25, -0.2) is 9.36 Å². The van der Waals surface area contributed by atoms with Crippen molar-refractivity contribution in [2.75, 3.05) is 11.9 Å². The highest BCUT2D eigenvalue weighted by Gasteiger charge is 2.27. The molecule has 3 rings (SSSR count). The topological polar surface area (TPSA) is 83.2 Å². The molecule has 154 valence electrons. The van der Waals surface area contributed by atoms with Gasteiger partial charge < -0.3 is 14.8 Å². The fourth-order valence-electron chi connectivity index (χ4n) is 2.17. The first-order valence-electron chi connectivity index (χ1n) is 8.19. The number of nitrogens with one attached hydrogen (secondary N) is 1. The van der Waals surface area contributed by atoms with Gasteiger partial charge in [0.15, 0.2) is 12.4 Å². The molecule has 0 atom stereocenters. The summed E-state index contributed by atoms with van der Waals surface area (Å²) in [6.45, 7) is -1.69. The third-order valence-corrected chi connectivity index (χ3v) is 3.68. The zero-order valence-electron chi connectivity index (χ0n) is 14.8. The molecule has 0 saturated heterocycles. The van der Waals surface area contributed by atoms with Crippen LogP contribution in [0.4, 0.5) is 18.9 Å². The summed E-state index contributed by atoms with van der Waals surface area (Å²) in [6, 6.07) is 8.28. The predicted molar refractivity (Wildman–Crippen MR) is 96.5 cm³/mol. The van der Waals surface area contributed by atoms with Gasteiger partial charge in [-0.3, -0.25) is 4.79 Å². The van der Waals surface area contributed by atoms with Crippen molar-refractivity contribution in [1.29, 1.82) is 0 Å². The van der Waals surface area contributed by atoms with Gasteiger partial charge in [-0.2, -0.15) is 23.4 Å². The summed E-state index contributed by atoms with van der Waals surface area (Å²) in [5.74, 6) is 0.0852. The second-order valence-electron chi connectivity index (χ2n) is 5.78. The van der Waals surface area contributed by atoms with E-state index in [0.717, 1.165) is 4.68 Å². The predicted octanol–water partition coefficient (Wildman–Crippen LogP) is 3.56. The average Bonchev–Trinajstić information content (AvgIpc) is 3.30. The van der Waals surface area contributed by atoms with E-state index >= 15 is 0 Å². The Bertz CT molecular complexity index is 956. The van der Waals surface area contributed by atoms with E-state index in [9.17, 15) is 18.0 Å². The van der Waals surface area contributed by atoms with Crippen LogP contribution in [0.2, 0.25) is 5.02 Å². The van der Waals surface area contributed by atoms with E-state index < -0.39 is 25.4 Å². The molecule has 8 nitrogen and oxygen atoms in total. The van der Waals surface area contributed by atoms with Gasteiger partial charge in [-0.05, 0) is 30.3 Å². The molecule has 0 aliphatic rings. The van der Waals surface area contributed by atoms with Crippen LogP contribution in [0.25, 0.3) is 0 Å². The van der Waals surface area contributed by atoms with Gasteiger partial charge in [-0.15, -0.1) is 0 Å². The molecular formula is C17H15ClF3N5O3. The molecule has 2 heterocycles. The molecule has 0 fully saturated rings. The van der Waals surface area contributed by atoms with Crippen LogP contribution in [0.3, 0.4) is 0 Å². The lowest BCUT2D eigenvalue weighted by atomic mass is 10.3. The lowest BCUT2D eigenvalue weighted by molar-refractivity contribution is -0.182. The monoisotopic (exact) mass is 429 g/mol. The van der Waals surface area contributed by atoms with Crippen LogP contribution in [0.15, 0.2) is 48.9 Å². The van der Waals surface area contributed by atoms with Crippen molar-refractivity contribution >= 4 is 23.2 Å². The van der Waals surface area contributed by atoms with Crippen molar-refractivity contribution in [1.82, 2.24) is 19.6 Å². The van der Waals surface area contributed by atoms with E-state index in [4.69, 9.17) is 16.3 Å². The number of amides is 1. The lowest BCUT2D eigenvalue weighted by Crippen LogP contribution is -2.18. The van der Waals surface area contributed by atoms with E-state index in [-0.39, 0.29) is 18.1 Å². The number of halogens is 4. The fourth-order valence-corrected chi connectivity index (χ4v) is 2.30. The summed E-state index contributed by atoms with van der Waals surface area (Å²) in [4.78, 5) is 12.2. The average molecular weight is 430 g/mol. The number of hydrogen-bond acceptors (Lipinski definition) is 5. The van der Waals surface area contributed by atoms with Crippen molar-refractivity contribution in [2.24, 2.45) is 0 Å². The van der Waals surface area contributed by atoms with Crippen molar-refractivity contribution in [3.8, 4) is 5.75 Å². The van der Waals surface area contributed by atoms with E-state index in [0.29, 0.717) is 10.8 Å². The van der Waals surface area contributed by atoms with Gasteiger partial charge >= 0.3 is 6.18 Å². The molecule has 0 bridgehead atoms. The SMILES string of the molecule is O=C(Nc1cnn(COCC(F)(F)F)c1)c1ccn(COc2ccc(Cl)cc2)n1. The highest BCUT2D eigenvalue weighted by Crippen LogP contribution is 2.16. The van der Waals surface area contributed by atoms with E-state index in [1.807, 2.05) is 0 Å². The zero-order valence-corrected chi connectivity index (χ0v) is 15.5. The van der Waals surface area contributed by atoms with Crippen LogP contribution < -0.4 is 10.1 Å². The van der Waals surface area contributed by atoms with Crippen LogP contribution in [-0.2, 0) is 18.2 Å². The maximum absolute atomic E-state index is 12.2. The van der Waals surface area contributed by atoms with Crippen LogP contribution in [0.5, 0.6) is 5.75 Å². The highest BCUT2D eigenvalue weighted by atomic mass is 35.5. The minimum absolute atomic E-state index is 0.0867. The van der Waals surface area contributed by atoms with Crippen LogP contribution in [0.1, 0.15) is 10.5 Å². The molecule has 0 spiro atoms. The Hall–Kier alpha value is -3.05. The number of benzene rings is 1. The minimum atomic E-state index is -4.42. The molecule has 3 aromatic rings. The lowest BCUT2D eigenvalue weighted by Gasteiger charge is -2.07. The Morgan fingerprint density at radius 3 is 2.62 bits per heavy atom. The molecule has 1 N–H and O–H groups in total. The number of rotatable bonds is 8. The molecule has 0 saturated carbocycles. The molecule has 0 aliphatic heterocycles. The van der Waals surface area contributed by atoms with E-state index in [2.05, 4.69) is 20.3 Å².